The summed E-state index contributed by atoms with van der Waals surface area (Å²) in [6.45, 7) is 3.49. The molecule has 0 saturated carbocycles. The third-order valence-electron chi connectivity index (χ3n) is 2.00. The Hall–Kier alpha value is -0.940. The Morgan fingerprint density at radius 1 is 1.77 bits per heavy atom. The van der Waals surface area contributed by atoms with Gasteiger partial charge in [-0.1, -0.05) is 0 Å². The quantitative estimate of drug-likeness (QED) is 0.730. The highest BCUT2D eigenvalue weighted by Crippen LogP contribution is 2.16. The van der Waals surface area contributed by atoms with Crippen molar-refractivity contribution in [3.63, 3.8) is 0 Å². The Bertz CT molecular complexity index is 319. The van der Waals surface area contributed by atoms with Crippen molar-refractivity contribution < 1.29 is 4.79 Å². The molecule has 1 aliphatic rings. The van der Waals surface area contributed by atoms with E-state index in [1.165, 1.54) is 11.3 Å². The first-order valence-corrected chi connectivity index (χ1v) is 5.07. The van der Waals surface area contributed by atoms with Crippen LogP contribution in [0.15, 0.2) is 5.38 Å². The molecule has 13 heavy (non-hydrogen) atoms. The predicted molar refractivity (Wildman–Crippen MR) is 51.8 cm³/mol. The van der Waals surface area contributed by atoms with Crippen LogP contribution in [0.2, 0.25) is 0 Å². The fourth-order valence-corrected chi connectivity index (χ4v) is 1.78. The van der Waals surface area contributed by atoms with Crippen molar-refractivity contribution in [3.8, 4) is 0 Å². The lowest BCUT2D eigenvalue weighted by atomic mass is 10.0. The van der Waals surface area contributed by atoms with Crippen LogP contribution in [0, 0.1) is 12.8 Å². The van der Waals surface area contributed by atoms with Gasteiger partial charge in [-0.05, 0) is 6.92 Å². The van der Waals surface area contributed by atoms with E-state index in [4.69, 9.17) is 0 Å². The van der Waals surface area contributed by atoms with Crippen molar-refractivity contribution >= 4 is 22.4 Å². The number of nitrogens with zero attached hydrogens (tertiary/aromatic N) is 1. The number of anilines is 1. The first-order chi connectivity index (χ1) is 6.25. The number of carbonyl (C=O) groups excluding carboxylic acids is 1. The largest absolute Gasteiger partial charge is 0.315 e. The molecule has 1 aliphatic heterocycles. The molecule has 1 amide bonds. The van der Waals surface area contributed by atoms with Crippen LogP contribution >= 0.6 is 11.3 Å². The number of carbonyl (C=O) groups is 1. The summed E-state index contributed by atoms with van der Waals surface area (Å²) in [5, 5.41) is 8.48. The summed E-state index contributed by atoms with van der Waals surface area (Å²) in [5.41, 5.74) is 0.951. The third kappa shape index (κ3) is 1.87. The van der Waals surface area contributed by atoms with E-state index in [0.29, 0.717) is 5.13 Å². The maximum absolute atomic E-state index is 11.4. The smallest absolute Gasteiger partial charge is 0.231 e. The van der Waals surface area contributed by atoms with Crippen LogP contribution in [0.5, 0.6) is 0 Å². The minimum atomic E-state index is 0.0769. The summed E-state index contributed by atoms with van der Waals surface area (Å²) in [6.07, 6.45) is 0. The molecule has 0 aliphatic carbocycles. The second-order valence-electron chi connectivity index (χ2n) is 3.14. The van der Waals surface area contributed by atoms with Crippen LogP contribution in [0.1, 0.15) is 5.69 Å². The van der Waals surface area contributed by atoms with Gasteiger partial charge in [-0.3, -0.25) is 4.79 Å². The van der Waals surface area contributed by atoms with Gasteiger partial charge in [-0.25, -0.2) is 4.98 Å². The van der Waals surface area contributed by atoms with Crippen molar-refractivity contribution in [1.29, 1.82) is 0 Å². The van der Waals surface area contributed by atoms with Gasteiger partial charge in [0, 0.05) is 18.5 Å². The zero-order chi connectivity index (χ0) is 9.26. The molecule has 1 aromatic heterocycles. The van der Waals surface area contributed by atoms with Crippen LogP contribution in [0.3, 0.4) is 0 Å². The molecule has 1 fully saturated rings. The van der Waals surface area contributed by atoms with Crippen LogP contribution in [-0.4, -0.2) is 24.0 Å². The first-order valence-electron chi connectivity index (χ1n) is 4.19. The molecule has 5 heteroatoms. The number of amides is 1. The van der Waals surface area contributed by atoms with Crippen LogP contribution in [0.25, 0.3) is 0 Å². The van der Waals surface area contributed by atoms with Crippen molar-refractivity contribution in [1.82, 2.24) is 10.3 Å². The van der Waals surface area contributed by atoms with E-state index in [-0.39, 0.29) is 11.8 Å². The molecule has 0 atom stereocenters. The van der Waals surface area contributed by atoms with Crippen LogP contribution in [-0.2, 0) is 4.79 Å². The SMILES string of the molecule is Cc1csc(NC(=O)C2CNC2)n1. The Labute approximate surface area is 80.4 Å². The van der Waals surface area contributed by atoms with Gasteiger partial charge in [0.1, 0.15) is 0 Å². The number of thiazole rings is 1. The van der Waals surface area contributed by atoms with Gasteiger partial charge in [0.05, 0.1) is 11.6 Å². The average Bonchev–Trinajstić information content (AvgIpc) is 2.31. The van der Waals surface area contributed by atoms with E-state index < -0.39 is 0 Å². The van der Waals surface area contributed by atoms with Gasteiger partial charge < -0.3 is 10.6 Å². The highest BCUT2D eigenvalue weighted by atomic mass is 32.1. The average molecular weight is 197 g/mol. The van der Waals surface area contributed by atoms with Gasteiger partial charge in [0.2, 0.25) is 5.91 Å². The molecule has 2 rings (SSSR count). The zero-order valence-electron chi connectivity index (χ0n) is 7.33. The molecule has 1 saturated heterocycles. The van der Waals surface area contributed by atoms with Crippen molar-refractivity contribution in [2.75, 3.05) is 18.4 Å². The summed E-state index contributed by atoms with van der Waals surface area (Å²) < 4.78 is 0. The number of aryl methyl sites for hydroxylation is 1. The van der Waals surface area contributed by atoms with Gasteiger partial charge in [-0.15, -0.1) is 11.3 Å². The van der Waals surface area contributed by atoms with E-state index in [9.17, 15) is 4.79 Å². The number of rotatable bonds is 2. The molecule has 4 nitrogen and oxygen atoms in total. The fraction of sp³-hybridized carbons (Fsp3) is 0.500. The lowest BCUT2D eigenvalue weighted by Gasteiger charge is -2.25. The van der Waals surface area contributed by atoms with E-state index in [0.717, 1.165) is 18.8 Å². The lowest BCUT2D eigenvalue weighted by molar-refractivity contribution is -0.121. The Kier molecular flexibility index (Phi) is 2.28. The van der Waals surface area contributed by atoms with E-state index >= 15 is 0 Å². The summed E-state index contributed by atoms with van der Waals surface area (Å²) >= 11 is 1.47. The molecule has 0 aromatic carbocycles. The maximum atomic E-state index is 11.4. The number of hydrogen-bond acceptors (Lipinski definition) is 4. The second kappa shape index (κ2) is 3.43. The Balaban J connectivity index is 1.93. The Morgan fingerprint density at radius 2 is 2.54 bits per heavy atom. The molecule has 0 spiro atoms. The molecule has 0 bridgehead atoms. The normalized spacial score (nSPS) is 16.7. The number of hydrogen-bond donors (Lipinski definition) is 2. The van der Waals surface area contributed by atoms with E-state index in [1.54, 1.807) is 0 Å². The topological polar surface area (TPSA) is 54.0 Å². The molecule has 2 N–H and O–H groups in total. The van der Waals surface area contributed by atoms with Crippen LogP contribution in [0.4, 0.5) is 5.13 Å². The predicted octanol–water partition coefficient (Wildman–Crippen LogP) is 0.609. The second-order valence-corrected chi connectivity index (χ2v) is 4.00. The fourth-order valence-electron chi connectivity index (χ4n) is 1.09. The number of nitrogens with one attached hydrogen (secondary N) is 2. The van der Waals surface area contributed by atoms with Crippen molar-refractivity contribution in [3.05, 3.63) is 11.1 Å². The van der Waals surface area contributed by atoms with Crippen LogP contribution < -0.4 is 10.6 Å². The van der Waals surface area contributed by atoms with E-state index in [1.807, 2.05) is 12.3 Å². The zero-order valence-corrected chi connectivity index (χ0v) is 8.15. The molecular weight excluding hydrogens is 186 g/mol. The van der Waals surface area contributed by atoms with Gasteiger partial charge in [0.25, 0.3) is 0 Å². The molecule has 2 heterocycles. The molecule has 70 valence electrons. The minimum Gasteiger partial charge on any atom is -0.315 e. The lowest BCUT2D eigenvalue weighted by Crippen LogP contribution is -2.48. The van der Waals surface area contributed by atoms with Gasteiger partial charge in [0.15, 0.2) is 5.13 Å². The summed E-state index contributed by atoms with van der Waals surface area (Å²) in [4.78, 5) is 15.6. The standard InChI is InChI=1S/C8H11N3OS/c1-5-4-13-8(10-5)11-7(12)6-2-9-3-6/h4,6,9H,2-3H2,1H3,(H,10,11,12). The molecule has 0 unspecified atom stereocenters. The van der Waals surface area contributed by atoms with Gasteiger partial charge in [-0.2, -0.15) is 0 Å². The van der Waals surface area contributed by atoms with E-state index in [2.05, 4.69) is 15.6 Å². The first kappa shape index (κ1) is 8.65. The highest BCUT2D eigenvalue weighted by Gasteiger charge is 2.25. The maximum Gasteiger partial charge on any atom is 0.231 e. The monoisotopic (exact) mass is 197 g/mol. The minimum absolute atomic E-state index is 0.0769. The van der Waals surface area contributed by atoms with Crippen molar-refractivity contribution in [2.45, 2.75) is 6.92 Å². The van der Waals surface area contributed by atoms with Crippen molar-refractivity contribution in [2.24, 2.45) is 5.92 Å². The van der Waals surface area contributed by atoms with Gasteiger partial charge >= 0.3 is 0 Å². The molecular formula is C8H11N3OS. The molecule has 0 radical (unpaired) electrons. The third-order valence-corrected chi connectivity index (χ3v) is 2.88. The summed E-state index contributed by atoms with van der Waals surface area (Å²) in [6, 6.07) is 0. The number of aromatic nitrogens is 1. The highest BCUT2D eigenvalue weighted by molar-refractivity contribution is 7.13. The molecule has 1 aromatic rings. The summed E-state index contributed by atoms with van der Waals surface area (Å²) in [5.74, 6) is 0.206. The summed E-state index contributed by atoms with van der Waals surface area (Å²) in [7, 11) is 0. The Morgan fingerprint density at radius 3 is 3.00 bits per heavy atom.